The summed E-state index contributed by atoms with van der Waals surface area (Å²) in [6, 6.07) is 7.62. The van der Waals surface area contributed by atoms with Gasteiger partial charge in [-0.25, -0.2) is 8.42 Å². The molecule has 0 radical (unpaired) electrons. The smallest absolute Gasteiger partial charge is 0.235 e. The number of hydrogen-bond donors (Lipinski definition) is 1. The molecule has 86 valence electrons. The SMILES string of the molecule is Cc1cccc(C2CC(=O)NS(=O)(=O)C2)c1. The average molecular weight is 239 g/mol. The minimum Gasteiger partial charge on any atom is -0.274 e. The van der Waals surface area contributed by atoms with Crippen LogP contribution in [0.2, 0.25) is 0 Å². The van der Waals surface area contributed by atoms with Crippen LogP contribution in [0.5, 0.6) is 0 Å². The highest BCUT2D eigenvalue weighted by Gasteiger charge is 2.30. The van der Waals surface area contributed by atoms with Crippen molar-refractivity contribution in [3.05, 3.63) is 35.4 Å². The second-order valence-corrected chi connectivity index (χ2v) is 5.89. The molecule has 16 heavy (non-hydrogen) atoms. The molecule has 4 nitrogen and oxygen atoms in total. The van der Waals surface area contributed by atoms with Gasteiger partial charge >= 0.3 is 0 Å². The van der Waals surface area contributed by atoms with Gasteiger partial charge in [0.05, 0.1) is 5.75 Å². The number of aryl methyl sites for hydroxylation is 1. The van der Waals surface area contributed by atoms with E-state index in [2.05, 4.69) is 0 Å². The maximum Gasteiger partial charge on any atom is 0.235 e. The molecule has 1 amide bonds. The van der Waals surface area contributed by atoms with E-state index in [1.54, 1.807) is 0 Å². The van der Waals surface area contributed by atoms with Crippen molar-refractivity contribution in [2.24, 2.45) is 0 Å². The Balaban J connectivity index is 2.31. The molecule has 1 aromatic carbocycles. The van der Waals surface area contributed by atoms with Gasteiger partial charge in [-0.05, 0) is 12.5 Å². The van der Waals surface area contributed by atoms with Gasteiger partial charge in [0, 0.05) is 12.3 Å². The molecule has 1 aromatic rings. The van der Waals surface area contributed by atoms with Crippen molar-refractivity contribution >= 4 is 15.9 Å². The van der Waals surface area contributed by atoms with Gasteiger partial charge in [0.2, 0.25) is 15.9 Å². The lowest BCUT2D eigenvalue weighted by Gasteiger charge is -2.22. The zero-order chi connectivity index (χ0) is 11.8. The minimum absolute atomic E-state index is 0.0117. The lowest BCUT2D eigenvalue weighted by atomic mass is 9.96. The third-order valence-corrected chi connectivity index (χ3v) is 4.02. The number of amides is 1. The summed E-state index contributed by atoms with van der Waals surface area (Å²) in [4.78, 5) is 11.3. The molecular weight excluding hydrogens is 226 g/mol. The molecule has 1 atom stereocenters. The number of carbonyl (C=O) groups excluding carboxylic acids is 1. The highest BCUT2D eigenvalue weighted by molar-refractivity contribution is 7.90. The van der Waals surface area contributed by atoms with Crippen LogP contribution in [0.3, 0.4) is 0 Å². The van der Waals surface area contributed by atoms with Gasteiger partial charge in [0.25, 0.3) is 0 Å². The van der Waals surface area contributed by atoms with Crippen molar-refractivity contribution in [1.29, 1.82) is 0 Å². The molecule has 1 N–H and O–H groups in total. The van der Waals surface area contributed by atoms with Crippen LogP contribution >= 0.6 is 0 Å². The van der Waals surface area contributed by atoms with Crippen LogP contribution in [-0.4, -0.2) is 20.1 Å². The fraction of sp³-hybridized carbons (Fsp3) is 0.364. The Morgan fingerprint density at radius 2 is 2.12 bits per heavy atom. The zero-order valence-corrected chi connectivity index (χ0v) is 9.75. The van der Waals surface area contributed by atoms with Crippen molar-refractivity contribution in [1.82, 2.24) is 4.72 Å². The molecule has 1 fully saturated rings. The third-order valence-electron chi connectivity index (χ3n) is 2.64. The standard InChI is InChI=1S/C11H13NO3S/c1-8-3-2-4-9(5-8)10-6-11(13)12-16(14,15)7-10/h2-5,10H,6-7H2,1H3,(H,12,13). The number of hydrogen-bond acceptors (Lipinski definition) is 3. The molecule has 1 heterocycles. The first kappa shape index (κ1) is 11.1. The highest BCUT2D eigenvalue weighted by atomic mass is 32.2. The highest BCUT2D eigenvalue weighted by Crippen LogP contribution is 2.25. The molecule has 1 saturated heterocycles. The summed E-state index contributed by atoms with van der Waals surface area (Å²) < 4.78 is 24.8. The van der Waals surface area contributed by atoms with E-state index in [1.807, 2.05) is 35.9 Å². The molecule has 1 aliphatic heterocycles. The Bertz CT molecular complexity index is 522. The van der Waals surface area contributed by atoms with E-state index in [1.165, 1.54) is 0 Å². The van der Waals surface area contributed by atoms with E-state index in [0.717, 1.165) is 11.1 Å². The van der Waals surface area contributed by atoms with Gasteiger partial charge in [0.1, 0.15) is 0 Å². The molecule has 1 aliphatic rings. The molecule has 0 spiro atoms. The van der Waals surface area contributed by atoms with Gasteiger partial charge in [-0.2, -0.15) is 0 Å². The second kappa shape index (κ2) is 3.90. The van der Waals surface area contributed by atoms with Crippen LogP contribution in [0.25, 0.3) is 0 Å². The zero-order valence-electron chi connectivity index (χ0n) is 8.93. The summed E-state index contributed by atoms with van der Waals surface area (Å²) in [5.41, 5.74) is 1.99. The van der Waals surface area contributed by atoms with Gasteiger partial charge in [-0.3, -0.25) is 9.52 Å². The Morgan fingerprint density at radius 1 is 1.38 bits per heavy atom. The number of rotatable bonds is 1. The average Bonchev–Trinajstić information content (AvgIpc) is 2.14. The van der Waals surface area contributed by atoms with Crippen molar-refractivity contribution in [2.75, 3.05) is 5.75 Å². The first-order valence-electron chi connectivity index (χ1n) is 5.06. The summed E-state index contributed by atoms with van der Waals surface area (Å²) in [5, 5.41) is 0. The monoisotopic (exact) mass is 239 g/mol. The lowest BCUT2D eigenvalue weighted by Crippen LogP contribution is -2.40. The van der Waals surface area contributed by atoms with Crippen molar-refractivity contribution in [2.45, 2.75) is 19.3 Å². The third kappa shape index (κ3) is 2.41. The van der Waals surface area contributed by atoms with Crippen molar-refractivity contribution in [3.8, 4) is 0 Å². The summed E-state index contributed by atoms with van der Waals surface area (Å²) in [6.45, 7) is 1.95. The fourth-order valence-electron chi connectivity index (χ4n) is 1.94. The molecular formula is C11H13NO3S. The first-order chi connectivity index (χ1) is 7.46. The second-order valence-electron chi connectivity index (χ2n) is 4.12. The Labute approximate surface area is 94.7 Å². The summed E-state index contributed by atoms with van der Waals surface area (Å²) >= 11 is 0. The first-order valence-corrected chi connectivity index (χ1v) is 6.71. The van der Waals surface area contributed by atoms with Gasteiger partial charge in [-0.15, -0.1) is 0 Å². The van der Waals surface area contributed by atoms with E-state index in [-0.39, 0.29) is 18.1 Å². The van der Waals surface area contributed by atoms with Crippen molar-refractivity contribution in [3.63, 3.8) is 0 Å². The largest absolute Gasteiger partial charge is 0.274 e. The number of nitrogens with one attached hydrogen (secondary N) is 1. The topological polar surface area (TPSA) is 63.2 Å². The molecule has 0 aliphatic carbocycles. The van der Waals surface area contributed by atoms with E-state index < -0.39 is 15.9 Å². The van der Waals surface area contributed by atoms with Crippen LogP contribution in [0, 0.1) is 6.92 Å². The summed E-state index contributed by atoms with van der Waals surface area (Å²) in [6.07, 6.45) is 0.239. The maximum atomic E-state index is 11.4. The molecule has 0 aromatic heterocycles. The van der Waals surface area contributed by atoms with E-state index in [0.29, 0.717) is 0 Å². The van der Waals surface area contributed by atoms with E-state index >= 15 is 0 Å². The Hall–Kier alpha value is -1.36. The van der Waals surface area contributed by atoms with E-state index in [4.69, 9.17) is 0 Å². The lowest BCUT2D eigenvalue weighted by molar-refractivity contribution is -0.119. The van der Waals surface area contributed by atoms with Crippen LogP contribution in [0.15, 0.2) is 24.3 Å². The molecule has 0 bridgehead atoms. The number of sulfonamides is 1. The fourth-order valence-corrected chi connectivity index (χ4v) is 3.30. The molecule has 0 saturated carbocycles. The van der Waals surface area contributed by atoms with Crippen LogP contribution in [-0.2, 0) is 14.8 Å². The number of carbonyl (C=O) groups is 1. The van der Waals surface area contributed by atoms with Gasteiger partial charge < -0.3 is 0 Å². The van der Waals surface area contributed by atoms with E-state index in [9.17, 15) is 13.2 Å². The van der Waals surface area contributed by atoms with Gasteiger partial charge in [-0.1, -0.05) is 29.8 Å². The normalized spacial score (nSPS) is 23.8. The summed E-state index contributed by atoms with van der Waals surface area (Å²) in [7, 11) is -3.44. The van der Waals surface area contributed by atoms with Crippen molar-refractivity contribution < 1.29 is 13.2 Å². The van der Waals surface area contributed by atoms with Crippen LogP contribution < -0.4 is 4.72 Å². The summed E-state index contributed by atoms with van der Waals surface area (Å²) in [5.74, 6) is -0.654. The Morgan fingerprint density at radius 3 is 2.75 bits per heavy atom. The van der Waals surface area contributed by atoms with Crippen LogP contribution in [0.4, 0.5) is 0 Å². The minimum atomic E-state index is -3.44. The Kier molecular flexibility index (Phi) is 2.71. The van der Waals surface area contributed by atoms with Gasteiger partial charge in [0.15, 0.2) is 0 Å². The quantitative estimate of drug-likeness (QED) is 0.793. The van der Waals surface area contributed by atoms with Crippen LogP contribution in [0.1, 0.15) is 23.5 Å². The number of benzene rings is 1. The predicted octanol–water partition coefficient (Wildman–Crippen LogP) is 0.928. The molecule has 2 rings (SSSR count). The molecule has 5 heteroatoms. The maximum absolute atomic E-state index is 11.4. The molecule has 1 unspecified atom stereocenters. The predicted molar refractivity (Wildman–Crippen MR) is 60.5 cm³/mol.